The summed E-state index contributed by atoms with van der Waals surface area (Å²) in [7, 11) is 0. The number of ether oxygens (including phenoxy) is 2. The minimum absolute atomic E-state index is 0.0212. The fourth-order valence-electron chi connectivity index (χ4n) is 2.18. The fraction of sp³-hybridized carbons (Fsp3) is 0.278. The number of thiazole rings is 1. The zero-order valence-electron chi connectivity index (χ0n) is 14.2. The highest BCUT2D eigenvalue weighted by atomic mass is 32.1. The molecule has 2 aromatic heterocycles. The van der Waals surface area contributed by atoms with Gasteiger partial charge in [-0.1, -0.05) is 25.5 Å². The van der Waals surface area contributed by atoms with E-state index < -0.39 is 18.5 Å². The van der Waals surface area contributed by atoms with Crippen LogP contribution in [0.25, 0.3) is 20.9 Å². The lowest BCUT2D eigenvalue weighted by atomic mass is 10.3. The molecule has 0 unspecified atom stereocenters. The molecule has 0 fully saturated rings. The fourth-order valence-corrected chi connectivity index (χ4v) is 3.15. The molecular weight excluding hydrogens is 354 g/mol. The van der Waals surface area contributed by atoms with Crippen LogP contribution < -0.4 is 0 Å². The van der Waals surface area contributed by atoms with E-state index in [-0.39, 0.29) is 5.69 Å². The highest BCUT2D eigenvalue weighted by molar-refractivity contribution is 7.21. The van der Waals surface area contributed by atoms with E-state index in [9.17, 15) is 9.59 Å². The molecule has 134 valence electrons. The Balaban J connectivity index is 1.74. The van der Waals surface area contributed by atoms with Crippen molar-refractivity contribution in [3.05, 3.63) is 42.4 Å². The Kier molecular flexibility index (Phi) is 5.85. The number of benzene rings is 1. The Bertz CT molecular complexity index is 892. The highest BCUT2D eigenvalue weighted by Gasteiger charge is 2.21. The number of nitrogens with zero attached hydrogens (tertiary/aromatic N) is 3. The van der Waals surface area contributed by atoms with Gasteiger partial charge in [0.1, 0.15) is 10.7 Å². The second-order valence-electron chi connectivity index (χ2n) is 5.39. The molecule has 0 N–H and O–H groups in total. The van der Waals surface area contributed by atoms with E-state index >= 15 is 0 Å². The summed E-state index contributed by atoms with van der Waals surface area (Å²) in [5.74, 6) is -1.32. The quantitative estimate of drug-likeness (QED) is 0.465. The Hall–Kier alpha value is -2.87. The van der Waals surface area contributed by atoms with Crippen LogP contribution in [0, 0.1) is 0 Å². The third-order valence-electron chi connectivity index (χ3n) is 3.47. The summed E-state index contributed by atoms with van der Waals surface area (Å²) in [6.07, 6.45) is 4.56. The lowest BCUT2D eigenvalue weighted by Crippen LogP contribution is -2.18. The number of fused-ring (bicyclic) bond motifs is 1. The van der Waals surface area contributed by atoms with E-state index in [1.807, 2.05) is 31.2 Å². The first-order chi connectivity index (χ1) is 12.7. The van der Waals surface area contributed by atoms with E-state index in [1.54, 1.807) is 0 Å². The molecule has 8 heteroatoms. The summed E-state index contributed by atoms with van der Waals surface area (Å²) in [5, 5.41) is 0.566. The van der Waals surface area contributed by atoms with E-state index in [0.29, 0.717) is 17.3 Å². The molecule has 0 saturated heterocycles. The van der Waals surface area contributed by atoms with E-state index in [1.165, 1.54) is 23.7 Å². The number of para-hydroxylation sites is 1. The highest BCUT2D eigenvalue weighted by Crippen LogP contribution is 2.30. The van der Waals surface area contributed by atoms with Crippen molar-refractivity contribution in [1.29, 1.82) is 0 Å². The Labute approximate surface area is 154 Å². The number of rotatable bonds is 7. The van der Waals surface area contributed by atoms with Crippen molar-refractivity contribution in [2.45, 2.75) is 19.8 Å². The molecule has 0 amide bonds. The number of hydrogen-bond donors (Lipinski definition) is 0. The maximum Gasteiger partial charge on any atom is 0.359 e. The molecule has 0 atom stereocenters. The SMILES string of the molecule is CCCCOC(=O)COC(=O)c1nccnc1-c1nc2ccccc2s1. The predicted molar refractivity (Wildman–Crippen MR) is 96.8 cm³/mol. The molecule has 0 saturated carbocycles. The van der Waals surface area contributed by atoms with Gasteiger partial charge in [0, 0.05) is 12.4 Å². The summed E-state index contributed by atoms with van der Waals surface area (Å²) >= 11 is 1.41. The largest absolute Gasteiger partial charge is 0.463 e. The van der Waals surface area contributed by atoms with Gasteiger partial charge in [0.2, 0.25) is 0 Å². The molecule has 7 nitrogen and oxygen atoms in total. The van der Waals surface area contributed by atoms with Crippen LogP contribution in [0.15, 0.2) is 36.7 Å². The van der Waals surface area contributed by atoms with Crippen LogP contribution >= 0.6 is 11.3 Å². The van der Waals surface area contributed by atoms with Crippen molar-refractivity contribution < 1.29 is 19.1 Å². The molecule has 0 aliphatic rings. The Morgan fingerprint density at radius 1 is 1.12 bits per heavy atom. The first-order valence-corrected chi connectivity index (χ1v) is 9.00. The molecule has 3 aromatic rings. The molecule has 0 aliphatic carbocycles. The molecule has 0 radical (unpaired) electrons. The van der Waals surface area contributed by atoms with Gasteiger partial charge in [-0.3, -0.25) is 0 Å². The molecule has 0 spiro atoms. The number of hydrogen-bond acceptors (Lipinski definition) is 8. The van der Waals surface area contributed by atoms with Crippen molar-refractivity contribution >= 4 is 33.5 Å². The number of esters is 2. The summed E-state index contributed by atoms with van der Waals surface area (Å²) in [4.78, 5) is 36.7. The average molecular weight is 371 g/mol. The van der Waals surface area contributed by atoms with Gasteiger partial charge in [0.15, 0.2) is 12.3 Å². The first kappa shape index (κ1) is 17.9. The van der Waals surface area contributed by atoms with Crippen LogP contribution in [0.5, 0.6) is 0 Å². The zero-order valence-corrected chi connectivity index (χ0v) is 15.0. The monoisotopic (exact) mass is 371 g/mol. The number of unbranched alkanes of at least 4 members (excludes halogenated alkanes) is 1. The molecule has 2 heterocycles. The van der Waals surface area contributed by atoms with Gasteiger partial charge in [-0.2, -0.15) is 0 Å². The second kappa shape index (κ2) is 8.48. The number of aromatic nitrogens is 3. The topological polar surface area (TPSA) is 91.3 Å². The average Bonchev–Trinajstić information content (AvgIpc) is 3.10. The molecule has 1 aromatic carbocycles. The standard InChI is InChI=1S/C18H17N3O4S/c1-2-3-10-24-14(22)11-25-18(23)16-15(19-8-9-20-16)17-21-12-6-4-5-7-13(12)26-17/h4-9H,2-3,10-11H2,1H3. The van der Waals surface area contributed by atoms with Crippen LogP contribution in [0.1, 0.15) is 30.3 Å². The van der Waals surface area contributed by atoms with Gasteiger partial charge < -0.3 is 9.47 Å². The van der Waals surface area contributed by atoms with Gasteiger partial charge in [-0.05, 0) is 18.6 Å². The summed E-state index contributed by atoms with van der Waals surface area (Å²) in [6, 6.07) is 7.63. The maximum atomic E-state index is 12.3. The van der Waals surface area contributed by atoms with Gasteiger partial charge in [-0.25, -0.2) is 24.5 Å². The normalized spacial score (nSPS) is 10.7. The van der Waals surface area contributed by atoms with Crippen LogP contribution in [-0.4, -0.2) is 40.1 Å². The molecular formula is C18H17N3O4S. The minimum Gasteiger partial charge on any atom is -0.463 e. The van der Waals surface area contributed by atoms with E-state index in [0.717, 1.165) is 23.1 Å². The van der Waals surface area contributed by atoms with Gasteiger partial charge >= 0.3 is 11.9 Å². The van der Waals surface area contributed by atoms with Crippen LogP contribution in [0.4, 0.5) is 0 Å². The Morgan fingerprint density at radius 3 is 2.73 bits per heavy atom. The van der Waals surface area contributed by atoms with Crippen molar-refractivity contribution in [3.8, 4) is 10.7 Å². The zero-order chi connectivity index (χ0) is 18.4. The maximum absolute atomic E-state index is 12.3. The molecule has 0 aliphatic heterocycles. The van der Waals surface area contributed by atoms with Crippen LogP contribution in [0.3, 0.4) is 0 Å². The Morgan fingerprint density at radius 2 is 1.92 bits per heavy atom. The van der Waals surface area contributed by atoms with Gasteiger partial charge in [0.05, 0.1) is 16.8 Å². The summed E-state index contributed by atoms with van der Waals surface area (Å²) in [5.41, 5.74) is 1.17. The minimum atomic E-state index is -0.736. The third-order valence-corrected chi connectivity index (χ3v) is 4.51. The van der Waals surface area contributed by atoms with Crippen LogP contribution in [0.2, 0.25) is 0 Å². The number of carbonyl (C=O) groups is 2. The first-order valence-electron chi connectivity index (χ1n) is 8.18. The summed E-state index contributed by atoms with van der Waals surface area (Å²) in [6.45, 7) is 1.85. The third kappa shape index (κ3) is 4.20. The second-order valence-corrected chi connectivity index (χ2v) is 6.42. The lowest BCUT2D eigenvalue weighted by molar-refractivity contribution is -0.147. The van der Waals surface area contributed by atoms with Crippen molar-refractivity contribution in [2.24, 2.45) is 0 Å². The predicted octanol–water partition coefficient (Wildman–Crippen LogP) is 3.25. The summed E-state index contributed by atoms with van der Waals surface area (Å²) < 4.78 is 11.0. The molecule has 26 heavy (non-hydrogen) atoms. The van der Waals surface area contributed by atoms with Crippen molar-refractivity contribution in [1.82, 2.24) is 15.0 Å². The molecule has 0 bridgehead atoms. The van der Waals surface area contributed by atoms with Gasteiger partial charge in [0.25, 0.3) is 0 Å². The van der Waals surface area contributed by atoms with E-state index in [4.69, 9.17) is 9.47 Å². The van der Waals surface area contributed by atoms with Gasteiger partial charge in [-0.15, -0.1) is 11.3 Å². The molecule has 3 rings (SSSR count). The van der Waals surface area contributed by atoms with E-state index in [2.05, 4.69) is 15.0 Å². The lowest BCUT2D eigenvalue weighted by Gasteiger charge is -2.06. The van der Waals surface area contributed by atoms with Crippen molar-refractivity contribution in [2.75, 3.05) is 13.2 Å². The van der Waals surface area contributed by atoms with Crippen LogP contribution in [-0.2, 0) is 14.3 Å². The van der Waals surface area contributed by atoms with Crippen molar-refractivity contribution in [3.63, 3.8) is 0 Å². The smallest absolute Gasteiger partial charge is 0.359 e. The number of carbonyl (C=O) groups excluding carboxylic acids is 2.